The summed E-state index contributed by atoms with van der Waals surface area (Å²) in [7, 11) is 1.63. The summed E-state index contributed by atoms with van der Waals surface area (Å²) in [5.74, 6) is -0.0489. The summed E-state index contributed by atoms with van der Waals surface area (Å²) in [6, 6.07) is 25.8. The lowest BCUT2D eigenvalue weighted by Crippen LogP contribution is -2.44. The molecule has 1 saturated heterocycles. The zero-order valence-corrected chi connectivity index (χ0v) is 21.2. The lowest BCUT2D eigenvalue weighted by Gasteiger charge is -2.32. The van der Waals surface area contributed by atoms with Gasteiger partial charge in [-0.3, -0.25) is 14.5 Å². The lowest BCUT2D eigenvalue weighted by molar-refractivity contribution is 0.0674. The minimum absolute atomic E-state index is 0.00374. The summed E-state index contributed by atoms with van der Waals surface area (Å²) in [6.45, 7) is 3.86. The number of likely N-dealkylation sites (tertiary alicyclic amines) is 1. The van der Waals surface area contributed by atoms with Crippen LogP contribution < -0.4 is 10.6 Å². The van der Waals surface area contributed by atoms with Gasteiger partial charge in [-0.25, -0.2) is 0 Å². The van der Waals surface area contributed by atoms with Crippen LogP contribution >= 0.6 is 0 Å². The molecule has 0 spiro atoms. The van der Waals surface area contributed by atoms with Crippen molar-refractivity contribution in [3.8, 4) is 0 Å². The number of hydrogen-bond donors (Lipinski definition) is 2. The Hall–Kier alpha value is -3.68. The molecule has 2 heterocycles. The van der Waals surface area contributed by atoms with Crippen LogP contribution in [0.2, 0.25) is 0 Å². The summed E-state index contributed by atoms with van der Waals surface area (Å²) in [4.78, 5) is 30.1. The van der Waals surface area contributed by atoms with Crippen molar-refractivity contribution in [1.29, 1.82) is 0 Å². The number of fused-ring (bicyclic) bond motifs is 1. The van der Waals surface area contributed by atoms with Crippen LogP contribution in [0.3, 0.4) is 0 Å². The number of amides is 2. The van der Waals surface area contributed by atoms with Gasteiger partial charge in [0.15, 0.2) is 0 Å². The Morgan fingerprint density at radius 3 is 2.38 bits per heavy atom. The molecule has 0 saturated carbocycles. The number of hydrogen-bond acceptors (Lipinski definition) is 5. The molecule has 1 atom stereocenters. The number of nitrogens with zero attached hydrogens (tertiary/aromatic N) is 2. The molecule has 7 nitrogen and oxygen atoms in total. The van der Waals surface area contributed by atoms with Gasteiger partial charge >= 0.3 is 0 Å². The van der Waals surface area contributed by atoms with Gasteiger partial charge in [-0.2, -0.15) is 0 Å². The molecule has 0 radical (unpaired) electrons. The maximum atomic E-state index is 12.9. The summed E-state index contributed by atoms with van der Waals surface area (Å²) < 4.78 is 5.22. The maximum absolute atomic E-state index is 12.9. The van der Waals surface area contributed by atoms with E-state index in [1.54, 1.807) is 12.0 Å². The number of methoxy groups -OCH3 is 1. The van der Waals surface area contributed by atoms with Crippen molar-refractivity contribution < 1.29 is 14.3 Å². The molecule has 2 aliphatic rings. The van der Waals surface area contributed by atoms with Crippen LogP contribution in [0.5, 0.6) is 0 Å². The van der Waals surface area contributed by atoms with Gasteiger partial charge in [0.2, 0.25) is 0 Å². The number of anilines is 1. The molecule has 2 aliphatic heterocycles. The Labute approximate surface area is 218 Å². The number of carbonyl (C=O) groups is 2. The zero-order valence-electron chi connectivity index (χ0n) is 21.2. The van der Waals surface area contributed by atoms with Gasteiger partial charge in [-0.1, -0.05) is 48.5 Å². The van der Waals surface area contributed by atoms with Crippen molar-refractivity contribution >= 4 is 17.5 Å². The molecular formula is C30H34N4O3. The SMILES string of the molecule is COCCN1C(=O)c2ccccc2C1Nc1ccc(C(=O)NC2CCN(Cc3ccccc3)CC2)cc1. The largest absolute Gasteiger partial charge is 0.383 e. The van der Waals surface area contributed by atoms with E-state index < -0.39 is 0 Å². The van der Waals surface area contributed by atoms with E-state index in [1.165, 1.54) is 5.56 Å². The van der Waals surface area contributed by atoms with Gasteiger partial charge < -0.3 is 20.3 Å². The molecule has 0 aromatic heterocycles. The van der Waals surface area contributed by atoms with Crippen LogP contribution in [0, 0.1) is 0 Å². The number of rotatable bonds is 9. The highest BCUT2D eigenvalue weighted by Gasteiger charge is 2.36. The monoisotopic (exact) mass is 498 g/mol. The molecule has 1 fully saturated rings. The van der Waals surface area contributed by atoms with Crippen molar-refractivity contribution in [2.24, 2.45) is 0 Å². The first kappa shape index (κ1) is 25.0. The Morgan fingerprint density at radius 1 is 0.946 bits per heavy atom. The molecule has 7 heteroatoms. The van der Waals surface area contributed by atoms with E-state index in [4.69, 9.17) is 4.74 Å². The number of piperidine rings is 1. The van der Waals surface area contributed by atoms with E-state index in [0.29, 0.717) is 24.3 Å². The number of nitrogens with one attached hydrogen (secondary N) is 2. The van der Waals surface area contributed by atoms with Gasteiger partial charge in [-0.15, -0.1) is 0 Å². The summed E-state index contributed by atoms with van der Waals surface area (Å²) >= 11 is 0. The van der Waals surface area contributed by atoms with Crippen LogP contribution in [0.15, 0.2) is 78.9 Å². The fourth-order valence-corrected chi connectivity index (χ4v) is 5.17. The Morgan fingerprint density at radius 2 is 1.65 bits per heavy atom. The molecule has 3 aromatic rings. The first-order chi connectivity index (χ1) is 18.1. The van der Waals surface area contributed by atoms with E-state index in [0.717, 1.165) is 43.7 Å². The summed E-state index contributed by atoms with van der Waals surface area (Å²) in [5.41, 5.74) is 4.47. The van der Waals surface area contributed by atoms with Crippen LogP contribution in [0.25, 0.3) is 0 Å². The van der Waals surface area contributed by atoms with E-state index >= 15 is 0 Å². The Balaban J connectivity index is 1.16. The average molecular weight is 499 g/mol. The highest BCUT2D eigenvalue weighted by molar-refractivity contribution is 5.99. The lowest BCUT2D eigenvalue weighted by atomic mass is 10.0. The van der Waals surface area contributed by atoms with Crippen molar-refractivity contribution in [2.75, 3.05) is 38.7 Å². The second-order valence-electron chi connectivity index (χ2n) is 9.71. The highest BCUT2D eigenvalue weighted by Crippen LogP contribution is 2.34. The van der Waals surface area contributed by atoms with Crippen LogP contribution in [0.4, 0.5) is 5.69 Å². The molecule has 192 valence electrons. The fourth-order valence-electron chi connectivity index (χ4n) is 5.17. The zero-order chi connectivity index (χ0) is 25.6. The van der Waals surface area contributed by atoms with E-state index in [-0.39, 0.29) is 24.0 Å². The van der Waals surface area contributed by atoms with Gasteiger partial charge in [0, 0.05) is 61.7 Å². The van der Waals surface area contributed by atoms with Crippen molar-refractivity contribution in [3.05, 3.63) is 101 Å². The second-order valence-corrected chi connectivity index (χ2v) is 9.71. The molecule has 2 N–H and O–H groups in total. The minimum Gasteiger partial charge on any atom is -0.383 e. The van der Waals surface area contributed by atoms with Gasteiger partial charge in [0.05, 0.1) is 6.61 Å². The quantitative estimate of drug-likeness (QED) is 0.460. The second kappa shape index (κ2) is 11.6. The van der Waals surface area contributed by atoms with Crippen LogP contribution in [0.1, 0.15) is 50.9 Å². The van der Waals surface area contributed by atoms with Crippen molar-refractivity contribution in [2.45, 2.75) is 31.6 Å². The molecule has 3 aromatic carbocycles. The first-order valence-electron chi connectivity index (χ1n) is 12.9. The Kier molecular flexibility index (Phi) is 7.82. The Bertz CT molecular complexity index is 1210. The smallest absolute Gasteiger partial charge is 0.256 e. The predicted octanol–water partition coefficient (Wildman–Crippen LogP) is 4.29. The molecule has 0 aliphatic carbocycles. The standard InChI is InChI=1S/C30H34N4O3/c1-37-20-19-34-28(26-9-5-6-10-27(26)30(34)36)31-24-13-11-23(12-14-24)29(35)32-25-15-17-33(18-16-25)21-22-7-3-2-4-8-22/h2-14,25,28,31H,15-21H2,1H3,(H,32,35). The minimum atomic E-state index is -0.278. The topological polar surface area (TPSA) is 73.9 Å². The number of ether oxygens (including phenoxy) is 1. The maximum Gasteiger partial charge on any atom is 0.256 e. The van der Waals surface area contributed by atoms with Gasteiger partial charge in [0.1, 0.15) is 6.17 Å². The van der Waals surface area contributed by atoms with E-state index in [1.807, 2.05) is 54.6 Å². The average Bonchev–Trinajstić information content (AvgIpc) is 3.20. The number of benzene rings is 3. The first-order valence-corrected chi connectivity index (χ1v) is 12.9. The molecular weight excluding hydrogens is 464 g/mol. The third-order valence-electron chi connectivity index (χ3n) is 7.22. The molecule has 2 amide bonds. The van der Waals surface area contributed by atoms with E-state index in [9.17, 15) is 9.59 Å². The molecule has 1 unspecified atom stereocenters. The van der Waals surface area contributed by atoms with Crippen molar-refractivity contribution in [3.63, 3.8) is 0 Å². The highest BCUT2D eigenvalue weighted by atomic mass is 16.5. The molecule has 0 bridgehead atoms. The summed E-state index contributed by atoms with van der Waals surface area (Å²) in [6.07, 6.45) is 1.62. The third-order valence-corrected chi connectivity index (χ3v) is 7.22. The summed E-state index contributed by atoms with van der Waals surface area (Å²) in [5, 5.41) is 6.68. The van der Waals surface area contributed by atoms with E-state index in [2.05, 4.69) is 39.8 Å². The van der Waals surface area contributed by atoms with Crippen LogP contribution in [-0.2, 0) is 11.3 Å². The predicted molar refractivity (Wildman–Crippen MR) is 144 cm³/mol. The third kappa shape index (κ3) is 5.84. The molecule has 5 rings (SSSR count). The normalized spacial score (nSPS) is 18.0. The van der Waals surface area contributed by atoms with Crippen LogP contribution in [-0.4, -0.2) is 61.0 Å². The van der Waals surface area contributed by atoms with Crippen molar-refractivity contribution in [1.82, 2.24) is 15.1 Å². The van der Waals surface area contributed by atoms with Gasteiger partial charge in [0.25, 0.3) is 11.8 Å². The molecule has 37 heavy (non-hydrogen) atoms. The number of carbonyl (C=O) groups excluding carboxylic acids is 2. The van der Waals surface area contributed by atoms with Gasteiger partial charge in [-0.05, 0) is 48.7 Å². The fraction of sp³-hybridized carbons (Fsp3) is 0.333.